The maximum Gasteiger partial charge on any atom is 0.316 e. The second-order valence-electron chi connectivity index (χ2n) is 7.05. The van der Waals surface area contributed by atoms with Crippen molar-refractivity contribution in [3.63, 3.8) is 0 Å². The zero-order chi connectivity index (χ0) is 17.8. The zero-order valence-corrected chi connectivity index (χ0v) is 15.1. The SMILES string of the molecule is O=C(O)C(C(=O)N1CCN(Cc2ccccc2Cl)CC1)C1CCCC1. The monoisotopic (exact) mass is 364 g/mol. The van der Waals surface area contributed by atoms with Crippen LogP contribution in [0.3, 0.4) is 0 Å². The molecule has 1 aliphatic heterocycles. The molecule has 0 spiro atoms. The van der Waals surface area contributed by atoms with Crippen molar-refractivity contribution in [1.29, 1.82) is 0 Å². The van der Waals surface area contributed by atoms with Gasteiger partial charge in [-0.1, -0.05) is 42.6 Å². The van der Waals surface area contributed by atoms with Crippen LogP contribution in [-0.2, 0) is 16.1 Å². The van der Waals surface area contributed by atoms with Crippen LogP contribution in [0.2, 0.25) is 5.02 Å². The molecule has 2 fully saturated rings. The molecule has 0 bridgehead atoms. The minimum Gasteiger partial charge on any atom is -0.481 e. The fourth-order valence-electron chi connectivity index (χ4n) is 3.99. The van der Waals surface area contributed by atoms with Gasteiger partial charge in [-0.2, -0.15) is 0 Å². The molecule has 1 aliphatic carbocycles. The summed E-state index contributed by atoms with van der Waals surface area (Å²) in [4.78, 5) is 28.4. The van der Waals surface area contributed by atoms with Crippen LogP contribution in [0.1, 0.15) is 31.2 Å². The number of rotatable bonds is 5. The molecule has 1 saturated heterocycles. The van der Waals surface area contributed by atoms with Crippen molar-refractivity contribution < 1.29 is 14.7 Å². The smallest absolute Gasteiger partial charge is 0.316 e. The number of hydrogen-bond donors (Lipinski definition) is 1. The maximum atomic E-state index is 12.8. The first-order chi connectivity index (χ1) is 12.1. The van der Waals surface area contributed by atoms with Gasteiger partial charge in [0.25, 0.3) is 0 Å². The third-order valence-electron chi connectivity index (χ3n) is 5.44. The second-order valence-corrected chi connectivity index (χ2v) is 7.46. The van der Waals surface area contributed by atoms with Gasteiger partial charge in [0.1, 0.15) is 5.92 Å². The first kappa shape index (κ1) is 18.2. The molecule has 136 valence electrons. The lowest BCUT2D eigenvalue weighted by Crippen LogP contribution is -2.52. The predicted octanol–water partition coefficient (Wildman–Crippen LogP) is 2.88. The van der Waals surface area contributed by atoms with Crippen LogP contribution < -0.4 is 0 Å². The van der Waals surface area contributed by atoms with Gasteiger partial charge in [-0.05, 0) is 30.4 Å². The number of piperazine rings is 1. The molecule has 1 aromatic carbocycles. The van der Waals surface area contributed by atoms with Gasteiger partial charge in [-0.25, -0.2) is 0 Å². The number of benzene rings is 1. The van der Waals surface area contributed by atoms with Crippen molar-refractivity contribution in [2.24, 2.45) is 11.8 Å². The predicted molar refractivity (Wildman–Crippen MR) is 96.4 cm³/mol. The van der Waals surface area contributed by atoms with Gasteiger partial charge >= 0.3 is 5.97 Å². The van der Waals surface area contributed by atoms with Crippen molar-refractivity contribution in [3.8, 4) is 0 Å². The Morgan fingerprint density at radius 1 is 1.12 bits per heavy atom. The topological polar surface area (TPSA) is 60.9 Å². The van der Waals surface area contributed by atoms with E-state index >= 15 is 0 Å². The van der Waals surface area contributed by atoms with Gasteiger partial charge in [0.2, 0.25) is 5.91 Å². The Kier molecular flexibility index (Phi) is 5.97. The molecule has 1 unspecified atom stereocenters. The quantitative estimate of drug-likeness (QED) is 0.816. The first-order valence-corrected chi connectivity index (χ1v) is 9.41. The van der Waals surface area contributed by atoms with E-state index in [2.05, 4.69) is 4.90 Å². The summed E-state index contributed by atoms with van der Waals surface area (Å²) >= 11 is 6.22. The molecule has 1 aromatic rings. The summed E-state index contributed by atoms with van der Waals surface area (Å²) in [6.07, 6.45) is 3.78. The number of carbonyl (C=O) groups is 2. The van der Waals surface area contributed by atoms with Crippen molar-refractivity contribution in [1.82, 2.24) is 9.80 Å². The molecule has 0 radical (unpaired) electrons. The first-order valence-electron chi connectivity index (χ1n) is 9.03. The van der Waals surface area contributed by atoms with E-state index < -0.39 is 11.9 Å². The number of nitrogens with zero attached hydrogens (tertiary/aromatic N) is 2. The van der Waals surface area contributed by atoms with Gasteiger partial charge < -0.3 is 10.0 Å². The van der Waals surface area contributed by atoms with E-state index in [9.17, 15) is 14.7 Å². The summed E-state index contributed by atoms with van der Waals surface area (Å²) in [5.74, 6) is -2.02. The van der Waals surface area contributed by atoms with Crippen molar-refractivity contribution in [3.05, 3.63) is 34.9 Å². The molecule has 25 heavy (non-hydrogen) atoms. The third-order valence-corrected chi connectivity index (χ3v) is 5.81. The van der Waals surface area contributed by atoms with Crippen LogP contribution in [-0.4, -0.2) is 53.0 Å². The number of carboxylic acid groups (broad SMARTS) is 1. The molecule has 1 N–H and O–H groups in total. The van der Waals surface area contributed by atoms with Crippen molar-refractivity contribution >= 4 is 23.5 Å². The highest BCUT2D eigenvalue weighted by Crippen LogP contribution is 2.33. The molecule has 0 aromatic heterocycles. The van der Waals surface area contributed by atoms with E-state index in [-0.39, 0.29) is 11.8 Å². The third kappa shape index (κ3) is 4.33. The lowest BCUT2D eigenvalue weighted by atomic mass is 9.89. The number of hydrogen-bond acceptors (Lipinski definition) is 3. The van der Waals surface area contributed by atoms with Crippen molar-refractivity contribution in [2.45, 2.75) is 32.2 Å². The number of halogens is 1. The molecule has 2 aliphatic rings. The highest BCUT2D eigenvalue weighted by Gasteiger charge is 2.39. The van der Waals surface area contributed by atoms with Crippen LogP contribution in [0.4, 0.5) is 0 Å². The number of carbonyl (C=O) groups excluding carboxylic acids is 1. The molecule has 3 rings (SSSR count). The van der Waals surface area contributed by atoms with Crippen molar-refractivity contribution in [2.75, 3.05) is 26.2 Å². The Bertz CT molecular complexity index is 623. The molecule has 1 saturated carbocycles. The van der Waals surface area contributed by atoms with E-state index in [1.807, 2.05) is 24.3 Å². The van der Waals surface area contributed by atoms with Crippen LogP contribution in [0, 0.1) is 11.8 Å². The highest BCUT2D eigenvalue weighted by molar-refractivity contribution is 6.31. The number of amides is 1. The number of aliphatic carboxylic acids is 1. The second kappa shape index (κ2) is 8.19. The van der Waals surface area contributed by atoms with Gasteiger partial charge in [0.15, 0.2) is 0 Å². The van der Waals surface area contributed by atoms with E-state index in [1.54, 1.807) is 4.90 Å². The average molecular weight is 365 g/mol. The Labute approximate surface area is 153 Å². The van der Waals surface area contributed by atoms with Gasteiger partial charge in [0, 0.05) is 37.7 Å². The Morgan fingerprint density at radius 2 is 1.76 bits per heavy atom. The highest BCUT2D eigenvalue weighted by atomic mass is 35.5. The fourth-order valence-corrected chi connectivity index (χ4v) is 4.19. The zero-order valence-electron chi connectivity index (χ0n) is 14.4. The van der Waals surface area contributed by atoms with E-state index in [0.717, 1.165) is 55.9 Å². The van der Waals surface area contributed by atoms with E-state index in [4.69, 9.17) is 11.6 Å². The summed E-state index contributed by atoms with van der Waals surface area (Å²) in [7, 11) is 0. The van der Waals surface area contributed by atoms with Crippen LogP contribution in [0.15, 0.2) is 24.3 Å². The van der Waals surface area contributed by atoms with Crippen LogP contribution >= 0.6 is 11.6 Å². The fraction of sp³-hybridized carbons (Fsp3) is 0.579. The summed E-state index contributed by atoms with van der Waals surface area (Å²) in [5.41, 5.74) is 1.08. The molecule has 1 atom stereocenters. The van der Waals surface area contributed by atoms with Gasteiger partial charge in [-0.3, -0.25) is 14.5 Å². The molecule has 1 heterocycles. The standard InChI is InChI=1S/C19H25ClN2O3/c20-16-8-4-3-7-15(16)13-21-9-11-22(12-10-21)18(23)17(19(24)25)14-5-1-2-6-14/h3-4,7-8,14,17H,1-2,5-6,9-13H2,(H,24,25). The van der Waals surface area contributed by atoms with Gasteiger partial charge in [0.05, 0.1) is 0 Å². The van der Waals surface area contributed by atoms with Gasteiger partial charge in [-0.15, -0.1) is 0 Å². The summed E-state index contributed by atoms with van der Waals surface area (Å²) < 4.78 is 0. The molecule has 5 nitrogen and oxygen atoms in total. The normalized spacial score (nSPS) is 20.6. The Morgan fingerprint density at radius 3 is 2.36 bits per heavy atom. The average Bonchev–Trinajstić information content (AvgIpc) is 3.11. The molecule has 1 amide bonds. The minimum absolute atomic E-state index is 0.00570. The van der Waals surface area contributed by atoms with Crippen LogP contribution in [0.5, 0.6) is 0 Å². The molecular formula is C19H25ClN2O3. The van der Waals surface area contributed by atoms with E-state index in [1.165, 1.54) is 0 Å². The summed E-state index contributed by atoms with van der Waals surface area (Å²) in [6.45, 7) is 3.41. The van der Waals surface area contributed by atoms with E-state index in [0.29, 0.717) is 13.1 Å². The summed E-state index contributed by atoms with van der Waals surface area (Å²) in [6, 6.07) is 7.79. The van der Waals surface area contributed by atoms with Crippen LogP contribution in [0.25, 0.3) is 0 Å². The Balaban J connectivity index is 1.56. The maximum absolute atomic E-state index is 12.8. The Hall–Kier alpha value is -1.59. The lowest BCUT2D eigenvalue weighted by Gasteiger charge is -2.36. The largest absolute Gasteiger partial charge is 0.481 e. The number of carboxylic acids is 1. The molecular weight excluding hydrogens is 340 g/mol. The minimum atomic E-state index is -0.963. The lowest BCUT2D eigenvalue weighted by molar-refractivity contribution is -0.154. The summed E-state index contributed by atoms with van der Waals surface area (Å²) in [5, 5.41) is 10.3. The molecule has 6 heteroatoms.